The molecule has 1 N–H and O–H groups in total. The number of amides is 1. The number of nitrogens with zero attached hydrogens (tertiary/aromatic N) is 2. The van der Waals surface area contributed by atoms with Gasteiger partial charge in [0.15, 0.2) is 5.84 Å². The van der Waals surface area contributed by atoms with Crippen LogP contribution in [0, 0.1) is 0 Å². The molecule has 2 aromatic rings. The Labute approximate surface area is 168 Å². The van der Waals surface area contributed by atoms with Gasteiger partial charge in [0.2, 0.25) is 0 Å². The highest BCUT2D eigenvalue weighted by Gasteiger charge is 2.30. The number of rotatable bonds is 5. The van der Waals surface area contributed by atoms with E-state index in [2.05, 4.69) is 9.98 Å². The molecule has 0 atom stereocenters. The van der Waals surface area contributed by atoms with Gasteiger partial charge >= 0.3 is 5.97 Å². The van der Waals surface area contributed by atoms with Gasteiger partial charge in [-0.3, -0.25) is 4.79 Å². The fourth-order valence-electron chi connectivity index (χ4n) is 2.88. The largest absolute Gasteiger partial charge is 0.512 e. The molecule has 2 aromatic carbocycles. The molecule has 0 spiro atoms. The van der Waals surface area contributed by atoms with Crippen LogP contribution in [0.15, 0.2) is 82.0 Å². The molecule has 1 aliphatic heterocycles. The van der Waals surface area contributed by atoms with Gasteiger partial charge in [-0.15, -0.1) is 0 Å². The lowest BCUT2D eigenvalue weighted by Gasteiger charge is -2.08. The average Bonchev–Trinajstić information content (AvgIpc) is 3.05. The Hall–Kier alpha value is -3.80. The normalized spacial score (nSPS) is 15.1. The van der Waals surface area contributed by atoms with Crippen molar-refractivity contribution in [2.24, 2.45) is 9.98 Å². The molecule has 6 heteroatoms. The van der Waals surface area contributed by atoms with Gasteiger partial charge in [-0.25, -0.2) is 9.79 Å². The molecule has 1 amide bonds. The van der Waals surface area contributed by atoms with E-state index in [0.717, 1.165) is 5.56 Å². The van der Waals surface area contributed by atoms with Gasteiger partial charge < -0.3 is 9.84 Å². The summed E-state index contributed by atoms with van der Waals surface area (Å²) < 4.78 is 5.04. The number of amidine groups is 1. The Morgan fingerprint density at radius 3 is 2.38 bits per heavy atom. The fourth-order valence-corrected chi connectivity index (χ4v) is 2.88. The Morgan fingerprint density at radius 1 is 1.07 bits per heavy atom. The molecule has 3 rings (SSSR count). The fraction of sp³-hybridized carbons (Fsp3) is 0.130. The Balaban J connectivity index is 1.98. The molecule has 0 unspecified atom stereocenters. The molecular formula is C23H20N2O4. The minimum Gasteiger partial charge on any atom is -0.512 e. The first-order valence-corrected chi connectivity index (χ1v) is 9.12. The summed E-state index contributed by atoms with van der Waals surface area (Å²) in [6.45, 7) is 3.23. The number of carbonyl (C=O) groups is 2. The first-order chi connectivity index (χ1) is 14.0. The number of aliphatic hydroxyl groups is 1. The summed E-state index contributed by atoms with van der Waals surface area (Å²) in [5.41, 5.74) is 2.27. The van der Waals surface area contributed by atoms with Crippen molar-refractivity contribution >= 4 is 29.5 Å². The van der Waals surface area contributed by atoms with E-state index in [1.54, 1.807) is 37.3 Å². The molecule has 0 bridgehead atoms. The van der Waals surface area contributed by atoms with Crippen LogP contribution in [0.2, 0.25) is 0 Å². The highest BCUT2D eigenvalue weighted by atomic mass is 16.5. The van der Waals surface area contributed by atoms with Crippen molar-refractivity contribution in [3.63, 3.8) is 0 Å². The second-order valence-electron chi connectivity index (χ2n) is 6.20. The lowest BCUT2D eigenvalue weighted by Crippen LogP contribution is -2.18. The minimum absolute atomic E-state index is 0.0447. The van der Waals surface area contributed by atoms with Crippen molar-refractivity contribution in [3.05, 3.63) is 88.7 Å². The Kier molecular flexibility index (Phi) is 6.14. The topological polar surface area (TPSA) is 88.3 Å². The lowest BCUT2D eigenvalue weighted by atomic mass is 9.99. The zero-order valence-corrected chi connectivity index (χ0v) is 16.1. The van der Waals surface area contributed by atoms with Gasteiger partial charge in [-0.1, -0.05) is 54.6 Å². The summed E-state index contributed by atoms with van der Waals surface area (Å²) in [5, 5.41) is 10.1. The number of esters is 1. The van der Waals surface area contributed by atoms with E-state index in [1.807, 2.05) is 30.3 Å². The summed E-state index contributed by atoms with van der Waals surface area (Å²) in [5.74, 6) is -1.20. The van der Waals surface area contributed by atoms with Crippen LogP contribution in [-0.4, -0.2) is 35.1 Å². The van der Waals surface area contributed by atoms with Gasteiger partial charge in [0.1, 0.15) is 11.3 Å². The summed E-state index contributed by atoms with van der Waals surface area (Å²) in [4.78, 5) is 33.1. The number of ether oxygens (including phenoxy) is 1. The smallest absolute Gasteiger partial charge is 0.343 e. The van der Waals surface area contributed by atoms with Crippen molar-refractivity contribution in [2.75, 3.05) is 6.61 Å². The van der Waals surface area contributed by atoms with E-state index < -0.39 is 11.9 Å². The molecule has 6 nitrogen and oxygen atoms in total. The van der Waals surface area contributed by atoms with Gasteiger partial charge in [-0.2, -0.15) is 4.99 Å². The number of carbonyl (C=O) groups excluding carboxylic acids is 2. The number of hydrogen-bond donors (Lipinski definition) is 1. The molecule has 0 fully saturated rings. The van der Waals surface area contributed by atoms with Gasteiger partial charge in [0, 0.05) is 17.2 Å². The summed E-state index contributed by atoms with van der Waals surface area (Å²) in [7, 11) is 0. The van der Waals surface area contributed by atoms with Crippen molar-refractivity contribution in [2.45, 2.75) is 13.8 Å². The van der Waals surface area contributed by atoms with Gasteiger partial charge in [0.25, 0.3) is 5.91 Å². The van der Waals surface area contributed by atoms with Crippen LogP contribution in [0.4, 0.5) is 0 Å². The maximum atomic E-state index is 12.3. The van der Waals surface area contributed by atoms with Gasteiger partial charge in [0.05, 0.1) is 12.3 Å². The number of hydrogen-bond acceptors (Lipinski definition) is 4. The molecule has 0 saturated heterocycles. The van der Waals surface area contributed by atoms with Crippen LogP contribution in [-0.2, 0) is 14.3 Å². The second kappa shape index (κ2) is 8.93. The molecule has 0 radical (unpaired) electrons. The number of aliphatic imine (C=N–C) groups is 2. The predicted molar refractivity (Wildman–Crippen MR) is 112 cm³/mol. The molecule has 29 heavy (non-hydrogen) atoms. The third-order valence-electron chi connectivity index (χ3n) is 4.15. The van der Waals surface area contributed by atoms with E-state index in [4.69, 9.17) is 4.74 Å². The first-order valence-electron chi connectivity index (χ1n) is 9.12. The summed E-state index contributed by atoms with van der Waals surface area (Å²) in [6, 6.07) is 16.5. The van der Waals surface area contributed by atoms with Gasteiger partial charge in [-0.05, 0) is 25.5 Å². The van der Waals surface area contributed by atoms with Crippen LogP contribution in [0.1, 0.15) is 30.5 Å². The third kappa shape index (κ3) is 4.55. The van der Waals surface area contributed by atoms with Crippen LogP contribution < -0.4 is 0 Å². The molecule has 146 valence electrons. The molecule has 0 aliphatic carbocycles. The Bertz CT molecular complexity index is 1060. The first kappa shape index (κ1) is 19.9. The third-order valence-corrected chi connectivity index (χ3v) is 4.15. The summed E-state index contributed by atoms with van der Waals surface area (Å²) in [6.07, 6.45) is 3.03. The van der Waals surface area contributed by atoms with Crippen molar-refractivity contribution in [3.8, 4) is 0 Å². The summed E-state index contributed by atoms with van der Waals surface area (Å²) >= 11 is 0. The zero-order valence-electron chi connectivity index (χ0n) is 16.1. The predicted octanol–water partition coefficient (Wildman–Crippen LogP) is 3.87. The minimum atomic E-state index is -0.683. The maximum absolute atomic E-state index is 12.3. The van der Waals surface area contributed by atoms with Crippen LogP contribution >= 0.6 is 0 Å². The lowest BCUT2D eigenvalue weighted by molar-refractivity contribution is -0.138. The maximum Gasteiger partial charge on any atom is 0.343 e. The Morgan fingerprint density at radius 2 is 1.72 bits per heavy atom. The number of allylic oxidation sites excluding steroid dienone is 1. The van der Waals surface area contributed by atoms with Crippen LogP contribution in [0.25, 0.3) is 6.08 Å². The monoisotopic (exact) mass is 388 g/mol. The molecular weight excluding hydrogens is 368 g/mol. The van der Waals surface area contributed by atoms with Crippen molar-refractivity contribution < 1.29 is 19.4 Å². The van der Waals surface area contributed by atoms with E-state index in [-0.39, 0.29) is 29.5 Å². The van der Waals surface area contributed by atoms with E-state index in [9.17, 15) is 14.7 Å². The highest BCUT2D eigenvalue weighted by molar-refractivity contribution is 6.36. The molecule has 1 heterocycles. The number of benzene rings is 2. The van der Waals surface area contributed by atoms with E-state index in [0.29, 0.717) is 11.1 Å². The molecule has 0 saturated carbocycles. The van der Waals surface area contributed by atoms with E-state index in [1.165, 1.54) is 13.0 Å². The van der Waals surface area contributed by atoms with E-state index >= 15 is 0 Å². The standard InChI is InChI=1S/C23H20N2O4/c1-3-29-23(28)20(15(2)26)21-17-11-7-8-12-18(17)22(25-21)24-19(27)14-13-16-9-5-4-6-10-16/h4-14,26H,3H2,1-2H3/b14-13+,20-15+,24-22?. The van der Waals surface area contributed by atoms with Crippen LogP contribution in [0.3, 0.4) is 0 Å². The zero-order chi connectivity index (χ0) is 20.8. The highest BCUT2D eigenvalue weighted by Crippen LogP contribution is 2.25. The van der Waals surface area contributed by atoms with Crippen LogP contribution in [0.5, 0.6) is 0 Å². The second-order valence-corrected chi connectivity index (χ2v) is 6.20. The van der Waals surface area contributed by atoms with Crippen molar-refractivity contribution in [1.29, 1.82) is 0 Å². The number of fused-ring (bicyclic) bond motifs is 1. The number of aliphatic hydroxyl groups excluding tert-OH is 1. The van der Waals surface area contributed by atoms with Crippen molar-refractivity contribution in [1.82, 2.24) is 0 Å². The molecule has 0 aromatic heterocycles. The SMILES string of the molecule is CCOC(=O)/C(C1=NC(=NC(=O)/C=C/c2ccccc2)c2ccccc21)=C(\C)O. The quantitative estimate of drug-likeness (QED) is 0.478. The average molecular weight is 388 g/mol. The molecule has 1 aliphatic rings.